The lowest BCUT2D eigenvalue weighted by Gasteiger charge is -2.22. The topological polar surface area (TPSA) is 41.1 Å². The number of carbonyl (C=O) groups excluding carboxylic acids is 1. The van der Waals surface area contributed by atoms with E-state index >= 15 is 0 Å². The van der Waals surface area contributed by atoms with Gasteiger partial charge in [0.25, 0.3) is 0 Å². The maximum atomic E-state index is 11.5. The van der Waals surface area contributed by atoms with Crippen molar-refractivity contribution in [1.29, 1.82) is 0 Å². The van der Waals surface area contributed by atoms with Crippen molar-refractivity contribution in [2.24, 2.45) is 5.92 Å². The van der Waals surface area contributed by atoms with Crippen LogP contribution >= 0.6 is 0 Å². The van der Waals surface area contributed by atoms with E-state index in [0.717, 1.165) is 12.8 Å². The zero-order valence-corrected chi connectivity index (χ0v) is 10.2. The van der Waals surface area contributed by atoms with Crippen LogP contribution < -0.4 is 10.6 Å². The molecule has 2 N–H and O–H groups in total. The van der Waals surface area contributed by atoms with E-state index in [-0.39, 0.29) is 5.91 Å². The van der Waals surface area contributed by atoms with Crippen LogP contribution in [-0.4, -0.2) is 24.5 Å². The van der Waals surface area contributed by atoms with Crippen molar-refractivity contribution in [2.45, 2.75) is 58.5 Å². The number of nitrogens with one attached hydrogen (secondary N) is 2. The normalized spacial score (nSPS) is 17.9. The Morgan fingerprint density at radius 2 is 1.93 bits per heavy atom. The highest BCUT2D eigenvalue weighted by Crippen LogP contribution is 2.18. The van der Waals surface area contributed by atoms with Gasteiger partial charge in [-0.25, -0.2) is 0 Å². The fourth-order valence-electron chi connectivity index (χ4n) is 1.94. The van der Waals surface area contributed by atoms with Gasteiger partial charge in [0.1, 0.15) is 0 Å². The van der Waals surface area contributed by atoms with E-state index in [0.29, 0.717) is 24.5 Å². The quantitative estimate of drug-likeness (QED) is 0.674. The molecular weight excluding hydrogens is 188 g/mol. The van der Waals surface area contributed by atoms with Crippen LogP contribution in [0.15, 0.2) is 0 Å². The Bertz CT molecular complexity index is 198. The fourth-order valence-corrected chi connectivity index (χ4v) is 1.94. The van der Waals surface area contributed by atoms with E-state index in [2.05, 4.69) is 31.4 Å². The minimum atomic E-state index is 0.140. The lowest BCUT2D eigenvalue weighted by molar-refractivity contribution is -0.121. The first-order valence-corrected chi connectivity index (χ1v) is 6.20. The van der Waals surface area contributed by atoms with Crippen LogP contribution in [0, 0.1) is 5.92 Å². The monoisotopic (exact) mass is 212 g/mol. The van der Waals surface area contributed by atoms with Crippen molar-refractivity contribution in [1.82, 2.24) is 10.6 Å². The summed E-state index contributed by atoms with van der Waals surface area (Å²) in [5, 5.41) is 6.29. The van der Waals surface area contributed by atoms with Gasteiger partial charge < -0.3 is 10.6 Å². The second-order valence-electron chi connectivity index (χ2n) is 4.59. The number of hydrogen-bond acceptors (Lipinski definition) is 2. The Hall–Kier alpha value is -0.570. The molecule has 0 radical (unpaired) electrons. The lowest BCUT2D eigenvalue weighted by atomic mass is 9.95. The Morgan fingerprint density at radius 3 is 2.40 bits per heavy atom. The van der Waals surface area contributed by atoms with Gasteiger partial charge in [-0.05, 0) is 25.7 Å². The van der Waals surface area contributed by atoms with Crippen molar-refractivity contribution in [3.63, 3.8) is 0 Å². The molecule has 3 heteroatoms. The second-order valence-corrected chi connectivity index (χ2v) is 4.59. The molecule has 1 fully saturated rings. The minimum Gasteiger partial charge on any atom is -0.352 e. The first-order valence-electron chi connectivity index (χ1n) is 6.20. The Balaban J connectivity index is 2.16. The van der Waals surface area contributed by atoms with E-state index in [1.807, 2.05) is 0 Å². The molecule has 0 spiro atoms. The number of carbonyl (C=O) groups is 1. The molecule has 0 aromatic carbocycles. The number of hydrogen-bond donors (Lipinski definition) is 2. The maximum absolute atomic E-state index is 11.5. The SMILES string of the molecule is CCC(CC)C(C)NC(=O)CNC1CC1. The lowest BCUT2D eigenvalue weighted by Crippen LogP contribution is -2.42. The van der Waals surface area contributed by atoms with Gasteiger partial charge in [-0.1, -0.05) is 26.7 Å². The molecule has 0 saturated heterocycles. The molecule has 1 rings (SSSR count). The smallest absolute Gasteiger partial charge is 0.234 e. The Morgan fingerprint density at radius 1 is 1.33 bits per heavy atom. The molecule has 0 heterocycles. The van der Waals surface area contributed by atoms with Gasteiger partial charge in [-0.2, -0.15) is 0 Å². The Kier molecular flexibility index (Phi) is 5.09. The summed E-state index contributed by atoms with van der Waals surface area (Å²) in [5.41, 5.74) is 0. The standard InChI is InChI=1S/C12H24N2O/c1-4-10(5-2)9(3)14-12(15)8-13-11-6-7-11/h9-11,13H,4-8H2,1-3H3,(H,14,15). The first-order chi connectivity index (χ1) is 7.17. The van der Waals surface area contributed by atoms with Gasteiger partial charge in [0.05, 0.1) is 6.54 Å². The van der Waals surface area contributed by atoms with Crippen LogP contribution in [0.3, 0.4) is 0 Å². The first kappa shape index (κ1) is 12.5. The van der Waals surface area contributed by atoms with Crippen LogP contribution in [0.1, 0.15) is 46.5 Å². The highest BCUT2D eigenvalue weighted by atomic mass is 16.1. The summed E-state index contributed by atoms with van der Waals surface area (Å²) < 4.78 is 0. The summed E-state index contributed by atoms with van der Waals surface area (Å²) >= 11 is 0. The molecule has 0 aliphatic heterocycles. The molecule has 1 amide bonds. The minimum absolute atomic E-state index is 0.140. The maximum Gasteiger partial charge on any atom is 0.234 e. The van der Waals surface area contributed by atoms with Crippen molar-refractivity contribution >= 4 is 5.91 Å². The van der Waals surface area contributed by atoms with E-state index in [1.54, 1.807) is 0 Å². The van der Waals surface area contributed by atoms with Crippen LogP contribution in [0.2, 0.25) is 0 Å². The molecule has 1 atom stereocenters. The summed E-state index contributed by atoms with van der Waals surface area (Å²) in [5.74, 6) is 0.746. The molecule has 88 valence electrons. The highest BCUT2D eigenvalue weighted by molar-refractivity contribution is 5.78. The zero-order valence-electron chi connectivity index (χ0n) is 10.2. The summed E-state index contributed by atoms with van der Waals surface area (Å²) in [6, 6.07) is 0.910. The highest BCUT2D eigenvalue weighted by Gasteiger charge is 2.22. The molecule has 1 aliphatic rings. The van der Waals surface area contributed by atoms with Gasteiger partial charge in [-0.3, -0.25) is 4.79 Å². The predicted molar refractivity (Wildman–Crippen MR) is 62.7 cm³/mol. The third-order valence-electron chi connectivity index (χ3n) is 3.27. The van der Waals surface area contributed by atoms with Crippen molar-refractivity contribution < 1.29 is 4.79 Å². The summed E-state index contributed by atoms with van der Waals surface area (Å²) in [4.78, 5) is 11.5. The molecule has 0 bridgehead atoms. The number of rotatable bonds is 7. The largest absolute Gasteiger partial charge is 0.352 e. The summed E-state index contributed by atoms with van der Waals surface area (Å²) in [6.07, 6.45) is 4.73. The third kappa shape index (κ3) is 4.65. The molecule has 1 unspecified atom stereocenters. The summed E-state index contributed by atoms with van der Waals surface area (Å²) in [7, 11) is 0. The molecule has 0 aromatic heterocycles. The van der Waals surface area contributed by atoms with Crippen LogP contribution in [0.5, 0.6) is 0 Å². The average Bonchev–Trinajstić information content (AvgIpc) is 3.00. The summed E-state index contributed by atoms with van der Waals surface area (Å²) in [6.45, 7) is 6.94. The van der Waals surface area contributed by atoms with Crippen LogP contribution in [-0.2, 0) is 4.79 Å². The van der Waals surface area contributed by atoms with Gasteiger partial charge in [0.15, 0.2) is 0 Å². The molecule has 3 nitrogen and oxygen atoms in total. The van der Waals surface area contributed by atoms with Gasteiger partial charge >= 0.3 is 0 Å². The molecule has 1 aliphatic carbocycles. The third-order valence-corrected chi connectivity index (χ3v) is 3.27. The number of amides is 1. The van der Waals surface area contributed by atoms with E-state index in [1.165, 1.54) is 12.8 Å². The van der Waals surface area contributed by atoms with E-state index in [4.69, 9.17) is 0 Å². The molecule has 15 heavy (non-hydrogen) atoms. The van der Waals surface area contributed by atoms with E-state index in [9.17, 15) is 4.79 Å². The molecule has 1 saturated carbocycles. The van der Waals surface area contributed by atoms with Crippen LogP contribution in [0.25, 0.3) is 0 Å². The second kappa shape index (κ2) is 6.11. The van der Waals surface area contributed by atoms with Crippen LogP contribution in [0.4, 0.5) is 0 Å². The van der Waals surface area contributed by atoms with Crippen molar-refractivity contribution in [3.05, 3.63) is 0 Å². The average molecular weight is 212 g/mol. The van der Waals surface area contributed by atoms with Gasteiger partial charge in [-0.15, -0.1) is 0 Å². The fraction of sp³-hybridized carbons (Fsp3) is 0.917. The molecular formula is C12H24N2O. The zero-order chi connectivity index (χ0) is 11.3. The molecule has 0 aromatic rings. The van der Waals surface area contributed by atoms with Gasteiger partial charge in [0, 0.05) is 12.1 Å². The van der Waals surface area contributed by atoms with E-state index < -0.39 is 0 Å². The van der Waals surface area contributed by atoms with Gasteiger partial charge in [0.2, 0.25) is 5.91 Å². The van der Waals surface area contributed by atoms with Crippen molar-refractivity contribution in [3.8, 4) is 0 Å². The Labute approximate surface area is 93.0 Å². The predicted octanol–water partition coefficient (Wildman–Crippen LogP) is 1.68. The van der Waals surface area contributed by atoms with Crippen molar-refractivity contribution in [2.75, 3.05) is 6.54 Å².